The summed E-state index contributed by atoms with van der Waals surface area (Å²) in [7, 11) is 0. The molecule has 0 saturated carbocycles. The van der Waals surface area contributed by atoms with Crippen LogP contribution in [0, 0.1) is 0 Å². The Kier molecular flexibility index (Phi) is 6.60. The number of H-pyrrole nitrogens is 1. The Morgan fingerprint density at radius 1 is 1.09 bits per heavy atom. The first-order chi connectivity index (χ1) is 16.5. The zero-order chi connectivity index (χ0) is 23.7. The third-order valence-electron chi connectivity index (χ3n) is 6.87. The molecule has 0 bridgehead atoms. The van der Waals surface area contributed by atoms with E-state index in [0.717, 1.165) is 57.0 Å². The number of carboxylic acid groups (broad SMARTS) is 1. The second-order valence-corrected chi connectivity index (χ2v) is 10.0. The van der Waals surface area contributed by atoms with Gasteiger partial charge in [0.05, 0.1) is 28.8 Å². The van der Waals surface area contributed by atoms with Crippen LogP contribution in [0.25, 0.3) is 0 Å². The van der Waals surface area contributed by atoms with E-state index in [1.807, 2.05) is 35.2 Å². The highest BCUT2D eigenvalue weighted by atomic mass is 32.2. The van der Waals surface area contributed by atoms with Crippen LogP contribution in [-0.4, -0.2) is 68.3 Å². The number of fused-ring (bicyclic) bond motifs is 3. The number of carboxylic acids is 1. The lowest BCUT2D eigenvalue weighted by molar-refractivity contribution is -0.133. The van der Waals surface area contributed by atoms with E-state index in [9.17, 15) is 14.4 Å². The molecule has 2 saturated heterocycles. The van der Waals surface area contributed by atoms with Crippen LogP contribution in [0.2, 0.25) is 0 Å². The SMILES string of the molecule is O=C(O)CSCc1nc2c(c(=O)[nH]1)C1C(N3CCCC3)CCCCN1C(=O)N2c1ccccc1. The van der Waals surface area contributed by atoms with Crippen LogP contribution in [0.15, 0.2) is 35.1 Å². The summed E-state index contributed by atoms with van der Waals surface area (Å²) >= 11 is 1.16. The minimum absolute atomic E-state index is 0.0840. The number of aromatic nitrogens is 2. The molecule has 2 N–H and O–H groups in total. The van der Waals surface area contributed by atoms with Gasteiger partial charge in [0.15, 0.2) is 5.82 Å². The summed E-state index contributed by atoms with van der Waals surface area (Å²) in [4.78, 5) is 52.0. The monoisotopic (exact) mass is 483 g/mol. The Balaban J connectivity index is 1.64. The molecule has 0 aliphatic carbocycles. The Hall–Kier alpha value is -2.85. The third kappa shape index (κ3) is 4.32. The molecule has 2 atom stereocenters. The Bertz CT molecular complexity index is 1120. The molecule has 2 amide bonds. The fourth-order valence-corrected chi connectivity index (χ4v) is 6.05. The molecule has 2 aromatic rings. The Morgan fingerprint density at radius 2 is 1.82 bits per heavy atom. The summed E-state index contributed by atoms with van der Waals surface area (Å²) in [5.74, 6) is -0.0128. The molecule has 0 radical (unpaired) electrons. The van der Waals surface area contributed by atoms with Crippen LogP contribution in [0.5, 0.6) is 0 Å². The number of carbonyl (C=O) groups excluding carboxylic acids is 1. The number of carbonyl (C=O) groups is 2. The zero-order valence-corrected chi connectivity index (χ0v) is 19.8. The molecule has 2 unspecified atom stereocenters. The zero-order valence-electron chi connectivity index (χ0n) is 19.0. The molecule has 34 heavy (non-hydrogen) atoms. The van der Waals surface area contributed by atoms with Gasteiger partial charge >= 0.3 is 12.0 Å². The lowest BCUT2D eigenvalue weighted by atomic mass is 9.93. The molecular formula is C24H29N5O4S. The summed E-state index contributed by atoms with van der Waals surface area (Å²) in [5, 5.41) is 8.98. The number of thioether (sulfide) groups is 1. The number of hydrogen-bond donors (Lipinski definition) is 2. The molecule has 5 rings (SSSR count). The van der Waals surface area contributed by atoms with Crippen LogP contribution in [0.4, 0.5) is 16.3 Å². The highest BCUT2D eigenvalue weighted by Gasteiger charge is 2.47. The maximum absolute atomic E-state index is 14.0. The molecule has 3 aliphatic rings. The van der Waals surface area contributed by atoms with E-state index in [2.05, 4.69) is 9.88 Å². The second kappa shape index (κ2) is 9.79. The molecule has 9 nitrogen and oxygen atoms in total. The summed E-state index contributed by atoms with van der Waals surface area (Å²) < 4.78 is 0. The molecule has 0 spiro atoms. The molecule has 1 aromatic carbocycles. The van der Waals surface area contributed by atoms with Crippen molar-refractivity contribution in [3.05, 3.63) is 52.1 Å². The van der Waals surface area contributed by atoms with E-state index in [4.69, 9.17) is 10.1 Å². The van der Waals surface area contributed by atoms with Gasteiger partial charge in [0.25, 0.3) is 5.56 Å². The van der Waals surface area contributed by atoms with Gasteiger partial charge in [0, 0.05) is 12.6 Å². The summed E-state index contributed by atoms with van der Waals surface area (Å²) in [6.45, 7) is 2.57. The molecule has 180 valence electrons. The Morgan fingerprint density at radius 3 is 2.56 bits per heavy atom. The van der Waals surface area contributed by atoms with E-state index in [-0.39, 0.29) is 35.2 Å². The van der Waals surface area contributed by atoms with Gasteiger partial charge in [0.2, 0.25) is 0 Å². The van der Waals surface area contributed by atoms with Crippen molar-refractivity contribution in [2.45, 2.75) is 49.9 Å². The van der Waals surface area contributed by atoms with Crippen LogP contribution in [-0.2, 0) is 10.5 Å². The standard InChI is InChI=1S/C24H29N5O4S/c30-19(31)15-34-14-18-25-22-20(23(32)26-18)21-17(27-11-6-7-12-27)10-4-5-13-28(21)24(33)29(22)16-8-2-1-3-9-16/h1-3,8-9,17,21H,4-7,10-15H2,(H,30,31)(H,25,26,32). The minimum atomic E-state index is -0.922. The van der Waals surface area contributed by atoms with E-state index in [0.29, 0.717) is 29.4 Å². The van der Waals surface area contributed by atoms with Crippen LogP contribution in [0.3, 0.4) is 0 Å². The fourth-order valence-electron chi connectivity index (χ4n) is 5.44. The smallest absolute Gasteiger partial charge is 0.330 e. The number of nitrogens with one attached hydrogen (secondary N) is 1. The van der Waals surface area contributed by atoms with Crippen LogP contribution >= 0.6 is 11.8 Å². The first kappa shape index (κ1) is 22.9. The molecular weight excluding hydrogens is 454 g/mol. The van der Waals surface area contributed by atoms with E-state index in [1.165, 1.54) is 0 Å². The lowest BCUT2D eigenvalue weighted by Crippen LogP contribution is -2.55. The van der Waals surface area contributed by atoms with Gasteiger partial charge in [0.1, 0.15) is 5.82 Å². The van der Waals surface area contributed by atoms with Gasteiger partial charge in [-0.2, -0.15) is 0 Å². The minimum Gasteiger partial charge on any atom is -0.481 e. The van der Waals surface area contributed by atoms with Gasteiger partial charge in [-0.3, -0.25) is 14.5 Å². The van der Waals surface area contributed by atoms with Crippen LogP contribution in [0.1, 0.15) is 49.5 Å². The quantitative estimate of drug-likeness (QED) is 0.648. The number of amides is 2. The number of likely N-dealkylation sites (tertiary alicyclic amines) is 1. The number of aliphatic carboxylic acids is 1. The van der Waals surface area contributed by atoms with Gasteiger partial charge in [-0.25, -0.2) is 14.7 Å². The average molecular weight is 484 g/mol. The maximum Gasteiger partial charge on any atom is 0.330 e. The summed E-state index contributed by atoms with van der Waals surface area (Å²) in [5.41, 5.74) is 0.955. The largest absolute Gasteiger partial charge is 0.481 e. The van der Waals surface area contributed by atoms with Crippen molar-refractivity contribution in [1.82, 2.24) is 19.8 Å². The molecule has 10 heteroatoms. The first-order valence-electron chi connectivity index (χ1n) is 11.9. The van der Waals surface area contributed by atoms with Crippen molar-refractivity contribution in [3.8, 4) is 0 Å². The number of benzene rings is 1. The number of rotatable bonds is 6. The fraction of sp³-hybridized carbons (Fsp3) is 0.500. The van der Waals surface area contributed by atoms with Crippen molar-refractivity contribution in [2.24, 2.45) is 0 Å². The highest BCUT2D eigenvalue weighted by molar-refractivity contribution is 7.99. The Labute approximate surface area is 202 Å². The van der Waals surface area contributed by atoms with E-state index >= 15 is 0 Å². The van der Waals surface area contributed by atoms with Crippen molar-refractivity contribution < 1.29 is 14.7 Å². The van der Waals surface area contributed by atoms with Crippen molar-refractivity contribution in [3.63, 3.8) is 0 Å². The lowest BCUT2D eigenvalue weighted by Gasteiger charge is -2.45. The summed E-state index contributed by atoms with van der Waals surface area (Å²) in [6.07, 6.45) is 5.12. The van der Waals surface area contributed by atoms with Gasteiger partial charge in [-0.15, -0.1) is 11.8 Å². The number of hydrogen-bond acceptors (Lipinski definition) is 6. The van der Waals surface area contributed by atoms with E-state index < -0.39 is 5.97 Å². The topological polar surface area (TPSA) is 110 Å². The average Bonchev–Trinajstić information content (AvgIpc) is 3.26. The maximum atomic E-state index is 14.0. The van der Waals surface area contributed by atoms with Crippen molar-refractivity contribution in [1.29, 1.82) is 0 Å². The number of aromatic amines is 1. The second-order valence-electron chi connectivity index (χ2n) is 9.03. The predicted octanol–water partition coefficient (Wildman–Crippen LogP) is 3.35. The predicted molar refractivity (Wildman–Crippen MR) is 131 cm³/mol. The number of anilines is 2. The number of nitrogens with zero attached hydrogens (tertiary/aromatic N) is 4. The van der Waals surface area contributed by atoms with Gasteiger partial charge < -0.3 is 15.0 Å². The van der Waals surface area contributed by atoms with Gasteiger partial charge in [-0.1, -0.05) is 24.6 Å². The molecule has 4 heterocycles. The third-order valence-corrected chi connectivity index (χ3v) is 7.79. The van der Waals surface area contributed by atoms with Crippen molar-refractivity contribution >= 4 is 35.3 Å². The normalized spacial score (nSPS) is 22.9. The number of urea groups is 1. The summed E-state index contributed by atoms with van der Waals surface area (Å²) in [6, 6.07) is 8.88. The van der Waals surface area contributed by atoms with Crippen LogP contribution < -0.4 is 10.5 Å². The van der Waals surface area contributed by atoms with E-state index in [1.54, 1.807) is 4.90 Å². The number of para-hydroxylation sites is 1. The van der Waals surface area contributed by atoms with Gasteiger partial charge in [-0.05, 0) is 50.9 Å². The molecule has 1 aromatic heterocycles. The first-order valence-corrected chi connectivity index (χ1v) is 13.0. The van der Waals surface area contributed by atoms with Crippen molar-refractivity contribution in [2.75, 3.05) is 30.3 Å². The molecule has 2 fully saturated rings. The molecule has 3 aliphatic heterocycles. The highest BCUT2D eigenvalue weighted by Crippen LogP contribution is 2.43.